The van der Waals surface area contributed by atoms with Crippen LogP contribution in [0.5, 0.6) is 0 Å². The van der Waals surface area contributed by atoms with Crippen LogP contribution in [-0.4, -0.2) is 32.3 Å². The largest absolute Gasteiger partial charge is 0.341 e. The molecule has 2 aromatic carbocycles. The van der Waals surface area contributed by atoms with Gasteiger partial charge in [-0.2, -0.15) is 0 Å². The topological polar surface area (TPSA) is 92.5 Å². The van der Waals surface area contributed by atoms with Crippen LogP contribution in [0.2, 0.25) is 0 Å². The molecule has 0 spiro atoms. The number of carbonyl (C=O) groups is 1. The molecule has 0 saturated carbocycles. The Morgan fingerprint density at radius 1 is 1.16 bits per heavy atom. The van der Waals surface area contributed by atoms with Gasteiger partial charge in [0.15, 0.2) is 0 Å². The van der Waals surface area contributed by atoms with Gasteiger partial charge < -0.3 is 10.6 Å². The molecule has 0 aliphatic rings. The summed E-state index contributed by atoms with van der Waals surface area (Å²) in [6.45, 7) is 2.16. The molecule has 1 unspecified atom stereocenters. The number of nitrogens with two attached hydrogens (primary N) is 1. The van der Waals surface area contributed by atoms with Gasteiger partial charge in [-0.3, -0.25) is 9.52 Å². The first-order chi connectivity index (χ1) is 11.8. The highest BCUT2D eigenvalue weighted by atomic mass is 32.2. The summed E-state index contributed by atoms with van der Waals surface area (Å²) in [5.74, 6) is -0.0507. The highest BCUT2D eigenvalue weighted by Crippen LogP contribution is 2.18. The minimum atomic E-state index is -3.64. The fourth-order valence-electron chi connectivity index (χ4n) is 2.34. The predicted octanol–water partition coefficient (Wildman–Crippen LogP) is 2.18. The van der Waals surface area contributed by atoms with Gasteiger partial charge in [0.05, 0.1) is 4.90 Å². The summed E-state index contributed by atoms with van der Waals surface area (Å²) in [5.41, 5.74) is 6.93. The lowest BCUT2D eigenvalue weighted by molar-refractivity contribution is -0.130. The number of sulfonamides is 1. The van der Waals surface area contributed by atoms with Crippen LogP contribution in [0.1, 0.15) is 18.9 Å². The molecule has 2 aromatic rings. The van der Waals surface area contributed by atoms with Gasteiger partial charge in [0, 0.05) is 31.7 Å². The normalized spacial score (nSPS) is 12.4. The Balaban J connectivity index is 2.10. The second-order valence-electron chi connectivity index (χ2n) is 6.05. The Hall–Kier alpha value is -2.38. The average molecular weight is 361 g/mol. The maximum atomic E-state index is 12.4. The fourth-order valence-corrected chi connectivity index (χ4v) is 3.41. The summed E-state index contributed by atoms with van der Waals surface area (Å²) < 4.78 is 27.3. The highest BCUT2D eigenvalue weighted by molar-refractivity contribution is 7.92. The van der Waals surface area contributed by atoms with Gasteiger partial charge in [-0.1, -0.05) is 30.3 Å². The third-order valence-corrected chi connectivity index (χ3v) is 4.97. The minimum Gasteiger partial charge on any atom is -0.341 e. The molecule has 6 nitrogen and oxygen atoms in total. The summed E-state index contributed by atoms with van der Waals surface area (Å²) in [4.78, 5) is 13.8. The van der Waals surface area contributed by atoms with Gasteiger partial charge in [-0.05, 0) is 36.8 Å². The Morgan fingerprint density at radius 3 is 2.48 bits per heavy atom. The van der Waals surface area contributed by atoms with Crippen LogP contribution in [-0.2, 0) is 21.4 Å². The Morgan fingerprint density at radius 2 is 1.84 bits per heavy atom. The summed E-state index contributed by atoms with van der Waals surface area (Å²) in [7, 11) is -1.94. The molecule has 0 aliphatic carbocycles. The fraction of sp³-hybridized carbons (Fsp3) is 0.278. The van der Waals surface area contributed by atoms with Gasteiger partial charge in [0.25, 0.3) is 10.0 Å². The quantitative estimate of drug-likeness (QED) is 0.790. The molecule has 134 valence electrons. The zero-order chi connectivity index (χ0) is 18.4. The van der Waals surface area contributed by atoms with E-state index in [1.54, 1.807) is 55.3 Å². The SMILES string of the molecule is CC(N)CC(=O)N(C)Cc1cccc(NS(=O)(=O)c2ccccc2)c1. The van der Waals surface area contributed by atoms with E-state index in [1.807, 2.05) is 6.07 Å². The number of carbonyl (C=O) groups excluding carboxylic acids is 1. The van der Waals surface area contributed by atoms with Crippen LogP contribution in [0.25, 0.3) is 0 Å². The van der Waals surface area contributed by atoms with Crippen molar-refractivity contribution in [1.82, 2.24) is 4.90 Å². The second-order valence-corrected chi connectivity index (χ2v) is 7.73. The van der Waals surface area contributed by atoms with Crippen molar-refractivity contribution in [3.63, 3.8) is 0 Å². The van der Waals surface area contributed by atoms with Gasteiger partial charge in [-0.25, -0.2) is 8.42 Å². The van der Waals surface area contributed by atoms with Crippen molar-refractivity contribution in [2.45, 2.75) is 30.8 Å². The molecule has 0 aliphatic heterocycles. The van der Waals surface area contributed by atoms with Crippen molar-refractivity contribution in [2.24, 2.45) is 5.73 Å². The van der Waals surface area contributed by atoms with E-state index in [0.29, 0.717) is 12.2 Å². The monoisotopic (exact) mass is 361 g/mol. The van der Waals surface area contributed by atoms with Crippen LogP contribution >= 0.6 is 0 Å². The van der Waals surface area contributed by atoms with Crippen LogP contribution in [0, 0.1) is 0 Å². The number of nitrogens with zero attached hydrogens (tertiary/aromatic N) is 1. The van der Waals surface area contributed by atoms with E-state index >= 15 is 0 Å². The number of amides is 1. The standard InChI is InChI=1S/C18H23N3O3S/c1-14(19)11-18(22)21(2)13-15-7-6-8-16(12-15)20-25(23,24)17-9-4-3-5-10-17/h3-10,12,14,20H,11,13,19H2,1-2H3. The minimum absolute atomic E-state index is 0.0507. The molecule has 25 heavy (non-hydrogen) atoms. The third-order valence-electron chi connectivity index (χ3n) is 3.57. The molecule has 0 saturated heterocycles. The van der Waals surface area contributed by atoms with Crippen LogP contribution < -0.4 is 10.5 Å². The van der Waals surface area contributed by atoms with Gasteiger partial charge in [0.1, 0.15) is 0 Å². The van der Waals surface area contributed by atoms with Crippen molar-refractivity contribution in [3.05, 3.63) is 60.2 Å². The van der Waals surface area contributed by atoms with Gasteiger partial charge in [-0.15, -0.1) is 0 Å². The summed E-state index contributed by atoms with van der Waals surface area (Å²) >= 11 is 0. The Kier molecular flexibility index (Phi) is 6.17. The zero-order valence-corrected chi connectivity index (χ0v) is 15.2. The molecule has 1 atom stereocenters. The summed E-state index contributed by atoms with van der Waals surface area (Å²) in [6, 6.07) is 15.0. The average Bonchev–Trinajstić information content (AvgIpc) is 2.55. The first-order valence-corrected chi connectivity index (χ1v) is 9.42. The van der Waals surface area contributed by atoms with Crippen molar-refractivity contribution in [1.29, 1.82) is 0 Å². The van der Waals surface area contributed by atoms with E-state index in [1.165, 1.54) is 12.1 Å². The number of rotatable bonds is 7. The van der Waals surface area contributed by atoms with Crippen molar-refractivity contribution in [2.75, 3.05) is 11.8 Å². The molecule has 0 radical (unpaired) electrons. The molecule has 2 rings (SSSR count). The number of anilines is 1. The number of benzene rings is 2. The van der Waals surface area contributed by atoms with Crippen LogP contribution in [0.15, 0.2) is 59.5 Å². The lowest BCUT2D eigenvalue weighted by Crippen LogP contribution is -2.31. The maximum absolute atomic E-state index is 12.4. The highest BCUT2D eigenvalue weighted by Gasteiger charge is 2.15. The van der Waals surface area contributed by atoms with Gasteiger partial charge >= 0.3 is 0 Å². The number of hydrogen-bond donors (Lipinski definition) is 2. The van der Waals surface area contributed by atoms with Crippen LogP contribution in [0.4, 0.5) is 5.69 Å². The number of nitrogens with one attached hydrogen (secondary N) is 1. The van der Waals surface area contributed by atoms with Crippen molar-refractivity contribution < 1.29 is 13.2 Å². The van der Waals surface area contributed by atoms with E-state index in [-0.39, 0.29) is 23.3 Å². The first-order valence-electron chi connectivity index (χ1n) is 7.94. The molecule has 7 heteroatoms. The second kappa shape index (κ2) is 8.13. The van der Waals surface area contributed by atoms with E-state index in [0.717, 1.165) is 5.56 Å². The maximum Gasteiger partial charge on any atom is 0.261 e. The van der Waals surface area contributed by atoms with Gasteiger partial charge in [0.2, 0.25) is 5.91 Å². The Bertz CT molecular complexity index is 820. The number of hydrogen-bond acceptors (Lipinski definition) is 4. The Labute approximate surface area is 148 Å². The lowest BCUT2D eigenvalue weighted by atomic mass is 10.1. The first kappa shape index (κ1) is 19.0. The smallest absolute Gasteiger partial charge is 0.261 e. The molecular weight excluding hydrogens is 338 g/mol. The zero-order valence-electron chi connectivity index (χ0n) is 14.3. The molecule has 0 aromatic heterocycles. The molecule has 0 fully saturated rings. The molecule has 1 amide bonds. The van der Waals surface area contributed by atoms with E-state index < -0.39 is 10.0 Å². The van der Waals surface area contributed by atoms with E-state index in [2.05, 4.69) is 4.72 Å². The summed E-state index contributed by atoms with van der Waals surface area (Å²) in [5, 5.41) is 0. The molecular formula is C18H23N3O3S. The summed E-state index contributed by atoms with van der Waals surface area (Å²) in [6.07, 6.45) is 0.275. The third kappa shape index (κ3) is 5.58. The van der Waals surface area contributed by atoms with Crippen LogP contribution in [0.3, 0.4) is 0 Å². The molecule has 3 N–H and O–H groups in total. The van der Waals surface area contributed by atoms with E-state index in [4.69, 9.17) is 5.73 Å². The predicted molar refractivity (Wildman–Crippen MR) is 98.4 cm³/mol. The van der Waals surface area contributed by atoms with Crippen molar-refractivity contribution >= 4 is 21.6 Å². The molecule has 0 heterocycles. The van der Waals surface area contributed by atoms with Crippen molar-refractivity contribution in [3.8, 4) is 0 Å². The lowest BCUT2D eigenvalue weighted by Gasteiger charge is -2.19. The molecule has 0 bridgehead atoms. The van der Waals surface area contributed by atoms with E-state index in [9.17, 15) is 13.2 Å².